The van der Waals surface area contributed by atoms with Gasteiger partial charge in [0.05, 0.1) is 7.11 Å². The Morgan fingerprint density at radius 2 is 1.93 bits per heavy atom. The monoisotopic (exact) mass is 393 g/mol. The fourth-order valence-electron chi connectivity index (χ4n) is 4.18. The number of benzene rings is 2. The van der Waals surface area contributed by atoms with E-state index in [2.05, 4.69) is 10.6 Å². The van der Waals surface area contributed by atoms with Crippen LogP contribution in [0.25, 0.3) is 0 Å². The Labute approximate surface area is 169 Å². The van der Waals surface area contributed by atoms with E-state index in [1.165, 1.54) is 0 Å². The molecule has 0 aromatic heterocycles. The number of nitrogens with zero attached hydrogens (tertiary/aromatic N) is 1. The van der Waals surface area contributed by atoms with Gasteiger partial charge in [0.2, 0.25) is 5.91 Å². The van der Waals surface area contributed by atoms with Crippen molar-refractivity contribution in [3.8, 4) is 5.75 Å². The Kier molecular flexibility index (Phi) is 4.96. The van der Waals surface area contributed by atoms with Crippen LogP contribution in [0.4, 0.5) is 4.79 Å². The van der Waals surface area contributed by atoms with Crippen molar-refractivity contribution in [2.45, 2.75) is 24.8 Å². The molecular formula is C22H23N3O4. The summed E-state index contributed by atoms with van der Waals surface area (Å²) in [5, 5.41) is 5.61. The molecule has 2 aliphatic rings. The number of carbonyl (C=O) groups excluding carboxylic acids is 3. The maximum Gasteiger partial charge on any atom is 0.325 e. The number of carbonyl (C=O) groups is 3. The second-order valence-corrected chi connectivity index (χ2v) is 7.30. The van der Waals surface area contributed by atoms with E-state index in [1.54, 1.807) is 7.11 Å². The highest BCUT2D eigenvalue weighted by molar-refractivity contribution is 6.09. The topological polar surface area (TPSA) is 87.7 Å². The normalized spacial score (nSPS) is 20.0. The number of para-hydroxylation sites is 1. The summed E-state index contributed by atoms with van der Waals surface area (Å²) >= 11 is 0. The van der Waals surface area contributed by atoms with Crippen LogP contribution in [-0.4, -0.2) is 42.9 Å². The third kappa shape index (κ3) is 3.33. The average Bonchev–Trinajstić information content (AvgIpc) is 3.22. The zero-order valence-corrected chi connectivity index (χ0v) is 16.2. The first kappa shape index (κ1) is 19.0. The number of hydrogen-bond acceptors (Lipinski definition) is 4. The van der Waals surface area contributed by atoms with Crippen molar-refractivity contribution in [3.05, 3.63) is 65.2 Å². The third-order valence-electron chi connectivity index (χ3n) is 5.63. The van der Waals surface area contributed by atoms with Crippen molar-refractivity contribution in [2.75, 3.05) is 20.2 Å². The number of aryl methyl sites for hydroxylation is 1. The molecule has 4 rings (SSSR count). The Balaban J connectivity index is 1.38. The molecule has 7 nitrogen and oxygen atoms in total. The number of hydrogen-bond donors (Lipinski definition) is 2. The van der Waals surface area contributed by atoms with Gasteiger partial charge in [0.15, 0.2) is 0 Å². The summed E-state index contributed by atoms with van der Waals surface area (Å²) in [7, 11) is 1.60. The van der Waals surface area contributed by atoms with E-state index in [0.29, 0.717) is 19.4 Å². The fourth-order valence-corrected chi connectivity index (χ4v) is 4.18. The Bertz CT molecular complexity index is 974. The molecule has 1 spiro atoms. The molecule has 2 N–H and O–H groups in total. The Morgan fingerprint density at radius 1 is 1.17 bits per heavy atom. The van der Waals surface area contributed by atoms with Crippen molar-refractivity contribution < 1.29 is 19.1 Å². The predicted octanol–water partition coefficient (Wildman–Crippen LogP) is 1.75. The van der Waals surface area contributed by atoms with Gasteiger partial charge in [0, 0.05) is 6.54 Å². The molecule has 2 aromatic rings. The molecule has 150 valence electrons. The molecule has 2 aromatic carbocycles. The molecule has 1 unspecified atom stereocenters. The zero-order chi connectivity index (χ0) is 20.4. The second kappa shape index (κ2) is 7.58. The first-order valence-corrected chi connectivity index (χ1v) is 9.66. The van der Waals surface area contributed by atoms with E-state index in [1.807, 2.05) is 48.5 Å². The van der Waals surface area contributed by atoms with Gasteiger partial charge >= 0.3 is 6.03 Å². The number of amides is 4. The first-order valence-electron chi connectivity index (χ1n) is 9.66. The van der Waals surface area contributed by atoms with Crippen molar-refractivity contribution in [2.24, 2.45) is 0 Å². The lowest BCUT2D eigenvalue weighted by Gasteiger charge is -2.22. The highest BCUT2D eigenvalue weighted by Crippen LogP contribution is 2.41. The van der Waals surface area contributed by atoms with E-state index >= 15 is 0 Å². The van der Waals surface area contributed by atoms with Gasteiger partial charge in [-0.2, -0.15) is 0 Å². The highest BCUT2D eigenvalue weighted by atomic mass is 16.5. The van der Waals surface area contributed by atoms with Crippen molar-refractivity contribution in [3.63, 3.8) is 0 Å². The van der Waals surface area contributed by atoms with Crippen LogP contribution < -0.4 is 15.4 Å². The van der Waals surface area contributed by atoms with Gasteiger partial charge in [-0.1, -0.05) is 42.5 Å². The Morgan fingerprint density at radius 3 is 2.76 bits per heavy atom. The molecular weight excluding hydrogens is 370 g/mol. The van der Waals surface area contributed by atoms with Crippen molar-refractivity contribution >= 4 is 17.8 Å². The number of imide groups is 1. The lowest BCUT2D eigenvalue weighted by molar-refractivity contribution is -0.135. The van der Waals surface area contributed by atoms with Crippen LogP contribution in [0.5, 0.6) is 5.75 Å². The van der Waals surface area contributed by atoms with Crippen LogP contribution in [-0.2, 0) is 28.0 Å². The quantitative estimate of drug-likeness (QED) is 0.732. The summed E-state index contributed by atoms with van der Waals surface area (Å²) in [6.45, 7) is 0.0946. The summed E-state index contributed by atoms with van der Waals surface area (Å²) in [6, 6.07) is 14.7. The van der Waals surface area contributed by atoms with Crippen LogP contribution >= 0.6 is 0 Å². The molecule has 1 aliphatic carbocycles. The third-order valence-corrected chi connectivity index (χ3v) is 5.63. The summed E-state index contributed by atoms with van der Waals surface area (Å²) < 4.78 is 5.30. The predicted molar refractivity (Wildman–Crippen MR) is 106 cm³/mol. The highest BCUT2D eigenvalue weighted by Gasteiger charge is 2.55. The Hall–Kier alpha value is -3.35. The molecule has 7 heteroatoms. The first-order chi connectivity index (χ1) is 14.0. The van der Waals surface area contributed by atoms with Crippen molar-refractivity contribution in [1.29, 1.82) is 0 Å². The van der Waals surface area contributed by atoms with E-state index < -0.39 is 11.6 Å². The van der Waals surface area contributed by atoms with Crippen LogP contribution in [0.2, 0.25) is 0 Å². The minimum atomic E-state index is -1.04. The number of fused-ring (bicyclic) bond motifs is 2. The van der Waals surface area contributed by atoms with E-state index in [9.17, 15) is 14.4 Å². The van der Waals surface area contributed by atoms with Gasteiger partial charge in [-0.15, -0.1) is 0 Å². The lowest BCUT2D eigenvalue weighted by Crippen LogP contribution is -2.44. The van der Waals surface area contributed by atoms with E-state index in [0.717, 1.165) is 33.8 Å². The summed E-state index contributed by atoms with van der Waals surface area (Å²) in [4.78, 5) is 38.9. The number of ether oxygens (including phenoxy) is 1. The van der Waals surface area contributed by atoms with Gasteiger partial charge < -0.3 is 15.4 Å². The molecule has 4 amide bonds. The molecule has 1 heterocycles. The van der Waals surface area contributed by atoms with Gasteiger partial charge in [-0.05, 0) is 42.0 Å². The molecule has 0 radical (unpaired) electrons. The molecule has 1 saturated heterocycles. The molecule has 1 fully saturated rings. The van der Waals surface area contributed by atoms with E-state index in [-0.39, 0.29) is 18.4 Å². The molecule has 29 heavy (non-hydrogen) atoms. The molecule has 0 bridgehead atoms. The molecule has 1 aliphatic heterocycles. The van der Waals surface area contributed by atoms with Gasteiger partial charge in [0.1, 0.15) is 17.8 Å². The lowest BCUT2D eigenvalue weighted by atomic mass is 9.92. The molecule has 0 saturated carbocycles. The van der Waals surface area contributed by atoms with Gasteiger partial charge in [-0.25, -0.2) is 4.79 Å². The standard InChI is InChI=1S/C22H23N3O4/c1-29-18-9-5-3-7-16(18)11-13-23-19(26)14-25-20(27)22(24-21(25)28)12-10-15-6-2-4-8-17(15)22/h2-9H,10-14H2,1H3,(H,23,26)(H,24,28). The average molecular weight is 393 g/mol. The largest absolute Gasteiger partial charge is 0.496 e. The maximum atomic E-state index is 13.1. The van der Waals surface area contributed by atoms with Gasteiger partial charge in [-0.3, -0.25) is 14.5 Å². The van der Waals surface area contributed by atoms with E-state index in [4.69, 9.17) is 4.74 Å². The molecule has 1 atom stereocenters. The number of urea groups is 1. The fraction of sp³-hybridized carbons (Fsp3) is 0.318. The summed E-state index contributed by atoms with van der Waals surface area (Å²) in [5.74, 6) is 0.0387. The number of nitrogens with one attached hydrogen (secondary N) is 2. The number of methoxy groups -OCH3 is 1. The minimum absolute atomic E-state index is 0.291. The maximum absolute atomic E-state index is 13.1. The van der Waals surface area contributed by atoms with Crippen LogP contribution in [0, 0.1) is 0 Å². The van der Waals surface area contributed by atoms with Crippen LogP contribution in [0.3, 0.4) is 0 Å². The van der Waals surface area contributed by atoms with Crippen LogP contribution in [0.15, 0.2) is 48.5 Å². The van der Waals surface area contributed by atoms with Crippen molar-refractivity contribution in [1.82, 2.24) is 15.5 Å². The smallest absolute Gasteiger partial charge is 0.325 e. The summed E-state index contributed by atoms with van der Waals surface area (Å²) in [6.07, 6.45) is 1.83. The minimum Gasteiger partial charge on any atom is -0.496 e. The number of rotatable bonds is 6. The summed E-state index contributed by atoms with van der Waals surface area (Å²) in [5.41, 5.74) is 1.83. The zero-order valence-electron chi connectivity index (χ0n) is 16.2. The van der Waals surface area contributed by atoms with Crippen LogP contribution in [0.1, 0.15) is 23.1 Å². The van der Waals surface area contributed by atoms with Gasteiger partial charge in [0.25, 0.3) is 5.91 Å². The second-order valence-electron chi connectivity index (χ2n) is 7.30. The SMILES string of the molecule is COc1ccccc1CCNC(=O)CN1C(=O)NC2(CCc3ccccc32)C1=O.